The summed E-state index contributed by atoms with van der Waals surface area (Å²) in [7, 11) is -3.26. The van der Waals surface area contributed by atoms with Crippen LogP contribution in [0, 0.1) is 6.92 Å². The Hall–Kier alpha value is -0.500. The van der Waals surface area contributed by atoms with E-state index in [2.05, 4.69) is 15.0 Å². The number of aromatic nitrogens is 1. The van der Waals surface area contributed by atoms with Crippen LogP contribution in [-0.4, -0.2) is 31.2 Å². The summed E-state index contributed by atoms with van der Waals surface area (Å²) in [5, 5.41) is 5.64. The quantitative estimate of drug-likeness (QED) is 0.786. The number of aryl methyl sites for hydroxylation is 1. The first kappa shape index (κ1) is 13.9. The zero-order chi connectivity index (χ0) is 13.2. The van der Waals surface area contributed by atoms with Gasteiger partial charge in [-0.3, -0.25) is 0 Å². The molecule has 0 aliphatic heterocycles. The van der Waals surface area contributed by atoms with Crippen LogP contribution in [0.1, 0.15) is 30.5 Å². The summed E-state index contributed by atoms with van der Waals surface area (Å²) in [6, 6.07) is 0.531. The molecule has 1 fully saturated rings. The Bertz CT molecular complexity index is 494. The predicted octanol–water partition coefficient (Wildman–Crippen LogP) is 1.01. The third-order valence-electron chi connectivity index (χ3n) is 2.92. The van der Waals surface area contributed by atoms with Crippen molar-refractivity contribution < 1.29 is 8.42 Å². The Balaban J connectivity index is 1.81. The molecule has 0 radical (unpaired) electrons. The second-order valence-electron chi connectivity index (χ2n) is 4.72. The number of rotatable bonds is 7. The van der Waals surface area contributed by atoms with Gasteiger partial charge in [0.25, 0.3) is 0 Å². The zero-order valence-corrected chi connectivity index (χ0v) is 12.3. The van der Waals surface area contributed by atoms with E-state index in [0.717, 1.165) is 23.5 Å². The van der Waals surface area contributed by atoms with E-state index in [1.54, 1.807) is 6.92 Å². The minimum absolute atomic E-state index is 0.278. The molecule has 0 saturated heterocycles. The zero-order valence-electron chi connectivity index (χ0n) is 10.6. The molecule has 5 nitrogen and oxygen atoms in total. The molecule has 2 rings (SSSR count). The molecular formula is C11H19N3O2S2. The maximum absolute atomic E-state index is 12.0. The lowest BCUT2D eigenvalue weighted by molar-refractivity contribution is 0.556. The second kappa shape index (κ2) is 5.64. The predicted molar refractivity (Wildman–Crippen MR) is 73.1 cm³/mol. The summed E-state index contributed by atoms with van der Waals surface area (Å²) in [5.74, 6) is 0. The van der Waals surface area contributed by atoms with Gasteiger partial charge in [0.15, 0.2) is 0 Å². The van der Waals surface area contributed by atoms with E-state index in [-0.39, 0.29) is 6.54 Å². The molecule has 1 atom stereocenters. The lowest BCUT2D eigenvalue weighted by atomic mass is 10.4. The van der Waals surface area contributed by atoms with Crippen LogP contribution in [-0.2, 0) is 16.6 Å². The maximum atomic E-state index is 12.0. The van der Waals surface area contributed by atoms with Crippen molar-refractivity contribution in [2.75, 3.05) is 6.54 Å². The van der Waals surface area contributed by atoms with Crippen molar-refractivity contribution in [2.45, 2.75) is 44.5 Å². The van der Waals surface area contributed by atoms with Gasteiger partial charge in [-0.1, -0.05) is 0 Å². The number of thiazole rings is 1. The van der Waals surface area contributed by atoms with Gasteiger partial charge in [-0.05, 0) is 26.7 Å². The molecule has 18 heavy (non-hydrogen) atoms. The SMILES string of the molecule is Cc1nc(CNS(=O)(=O)C(C)CNC2CC2)cs1. The van der Waals surface area contributed by atoms with Crippen molar-refractivity contribution in [2.24, 2.45) is 0 Å². The van der Waals surface area contributed by atoms with Gasteiger partial charge in [0, 0.05) is 18.0 Å². The molecule has 1 unspecified atom stereocenters. The van der Waals surface area contributed by atoms with Crippen LogP contribution < -0.4 is 10.0 Å². The highest BCUT2D eigenvalue weighted by Gasteiger charge is 2.25. The van der Waals surface area contributed by atoms with Crippen molar-refractivity contribution in [1.82, 2.24) is 15.0 Å². The fraction of sp³-hybridized carbons (Fsp3) is 0.727. The minimum Gasteiger partial charge on any atom is -0.313 e. The fourth-order valence-corrected chi connectivity index (χ4v) is 3.10. The van der Waals surface area contributed by atoms with Crippen LogP contribution in [0.2, 0.25) is 0 Å². The molecule has 0 bridgehead atoms. The van der Waals surface area contributed by atoms with Crippen LogP contribution >= 0.6 is 11.3 Å². The fourth-order valence-electron chi connectivity index (χ4n) is 1.54. The minimum atomic E-state index is -3.26. The summed E-state index contributed by atoms with van der Waals surface area (Å²) in [5.41, 5.74) is 0.781. The molecule has 0 aromatic carbocycles. The van der Waals surface area contributed by atoms with E-state index in [1.807, 2.05) is 12.3 Å². The van der Waals surface area contributed by atoms with Gasteiger partial charge < -0.3 is 5.32 Å². The molecule has 2 N–H and O–H groups in total. The Labute approximate surface area is 112 Å². The van der Waals surface area contributed by atoms with Crippen molar-refractivity contribution in [1.29, 1.82) is 0 Å². The van der Waals surface area contributed by atoms with E-state index in [9.17, 15) is 8.42 Å². The first-order chi connectivity index (χ1) is 8.47. The molecule has 1 aliphatic carbocycles. The molecule has 1 aliphatic rings. The Morgan fingerprint density at radius 3 is 2.83 bits per heavy atom. The lowest BCUT2D eigenvalue weighted by Gasteiger charge is -2.13. The number of nitrogens with zero attached hydrogens (tertiary/aromatic N) is 1. The van der Waals surface area contributed by atoms with E-state index >= 15 is 0 Å². The summed E-state index contributed by atoms with van der Waals surface area (Å²) in [6.45, 7) is 4.42. The van der Waals surface area contributed by atoms with Gasteiger partial charge in [-0.15, -0.1) is 11.3 Å². The van der Waals surface area contributed by atoms with Crippen LogP contribution in [0.3, 0.4) is 0 Å². The van der Waals surface area contributed by atoms with Gasteiger partial charge in [-0.2, -0.15) is 0 Å². The van der Waals surface area contributed by atoms with Crippen LogP contribution in [0.15, 0.2) is 5.38 Å². The number of hydrogen-bond donors (Lipinski definition) is 2. The van der Waals surface area contributed by atoms with Crippen molar-refractivity contribution in [3.05, 3.63) is 16.1 Å². The molecule has 1 aromatic heterocycles. The maximum Gasteiger partial charge on any atom is 0.215 e. The largest absolute Gasteiger partial charge is 0.313 e. The van der Waals surface area contributed by atoms with Crippen LogP contribution in [0.4, 0.5) is 0 Å². The van der Waals surface area contributed by atoms with Gasteiger partial charge in [0.1, 0.15) is 0 Å². The average molecular weight is 289 g/mol. The molecule has 1 saturated carbocycles. The number of hydrogen-bond acceptors (Lipinski definition) is 5. The van der Waals surface area contributed by atoms with Crippen LogP contribution in [0.25, 0.3) is 0 Å². The Morgan fingerprint density at radius 2 is 2.28 bits per heavy atom. The highest BCUT2D eigenvalue weighted by Crippen LogP contribution is 2.18. The molecule has 7 heteroatoms. The van der Waals surface area contributed by atoms with Crippen LogP contribution in [0.5, 0.6) is 0 Å². The monoisotopic (exact) mass is 289 g/mol. The molecular weight excluding hydrogens is 270 g/mol. The van der Waals surface area contributed by atoms with Crippen molar-refractivity contribution >= 4 is 21.4 Å². The van der Waals surface area contributed by atoms with Gasteiger partial charge in [-0.25, -0.2) is 18.1 Å². The summed E-state index contributed by atoms with van der Waals surface area (Å²) in [4.78, 5) is 4.23. The van der Waals surface area contributed by atoms with E-state index in [4.69, 9.17) is 0 Å². The Kier molecular flexibility index (Phi) is 4.37. The van der Waals surface area contributed by atoms with E-state index in [0.29, 0.717) is 12.6 Å². The summed E-state index contributed by atoms with van der Waals surface area (Å²) < 4.78 is 26.5. The topological polar surface area (TPSA) is 71.1 Å². The molecule has 102 valence electrons. The van der Waals surface area contributed by atoms with Gasteiger partial charge in [0.05, 0.1) is 22.5 Å². The van der Waals surface area contributed by atoms with E-state index in [1.165, 1.54) is 11.3 Å². The van der Waals surface area contributed by atoms with Crippen molar-refractivity contribution in [3.63, 3.8) is 0 Å². The number of sulfonamides is 1. The third-order valence-corrected chi connectivity index (χ3v) is 5.52. The Morgan fingerprint density at radius 1 is 1.56 bits per heavy atom. The summed E-state index contributed by atoms with van der Waals surface area (Å²) in [6.07, 6.45) is 2.33. The molecule has 1 heterocycles. The molecule has 1 aromatic rings. The molecule has 0 amide bonds. The standard InChI is InChI=1S/C11H19N3O2S2/c1-8(5-12-10-3-4-10)18(15,16)13-6-11-7-17-9(2)14-11/h7-8,10,12-13H,3-6H2,1-2H3. The highest BCUT2D eigenvalue weighted by atomic mass is 32.2. The smallest absolute Gasteiger partial charge is 0.215 e. The summed E-state index contributed by atoms with van der Waals surface area (Å²) >= 11 is 1.53. The number of nitrogens with one attached hydrogen (secondary N) is 2. The lowest BCUT2D eigenvalue weighted by Crippen LogP contribution is -2.39. The normalized spacial score (nSPS) is 17.9. The second-order valence-corrected chi connectivity index (χ2v) is 7.96. The molecule has 0 spiro atoms. The van der Waals surface area contributed by atoms with Gasteiger partial charge in [0.2, 0.25) is 10.0 Å². The first-order valence-corrected chi connectivity index (χ1v) is 8.53. The van der Waals surface area contributed by atoms with E-state index < -0.39 is 15.3 Å². The highest BCUT2D eigenvalue weighted by molar-refractivity contribution is 7.90. The van der Waals surface area contributed by atoms with Gasteiger partial charge >= 0.3 is 0 Å². The van der Waals surface area contributed by atoms with Crippen molar-refractivity contribution in [3.8, 4) is 0 Å². The third kappa shape index (κ3) is 4.01. The first-order valence-electron chi connectivity index (χ1n) is 6.10. The average Bonchev–Trinajstić information content (AvgIpc) is 3.06.